The van der Waals surface area contributed by atoms with Gasteiger partial charge in [0, 0.05) is 32.1 Å². The van der Waals surface area contributed by atoms with Crippen LogP contribution in [-0.4, -0.2) is 119 Å². The van der Waals surface area contributed by atoms with Gasteiger partial charge < -0.3 is 53.4 Å². The first-order valence-corrected chi connectivity index (χ1v) is 21.3. The van der Waals surface area contributed by atoms with Crippen molar-refractivity contribution in [3.63, 3.8) is 0 Å². The first-order chi connectivity index (χ1) is 28.8. The van der Waals surface area contributed by atoms with E-state index in [0.29, 0.717) is 5.57 Å². The molecule has 0 radical (unpaired) electrons. The summed E-state index contributed by atoms with van der Waals surface area (Å²) >= 11 is 0. The minimum Gasteiger partial charge on any atom is -0.457 e. The van der Waals surface area contributed by atoms with Crippen LogP contribution in [0, 0.1) is 22.7 Å². The molecule has 3 N–H and O–H groups in total. The van der Waals surface area contributed by atoms with Gasteiger partial charge in [-0.3, -0.25) is 9.59 Å². The van der Waals surface area contributed by atoms with Crippen molar-refractivity contribution in [2.45, 2.75) is 167 Å². The highest BCUT2D eigenvalue weighted by molar-refractivity contribution is 5.89. The van der Waals surface area contributed by atoms with Crippen LogP contribution in [0.2, 0.25) is 0 Å². The lowest BCUT2D eigenvalue weighted by Gasteiger charge is -2.67. The van der Waals surface area contributed by atoms with Crippen molar-refractivity contribution < 1.29 is 72.1 Å². The molecule has 1 aromatic rings. The van der Waals surface area contributed by atoms with Gasteiger partial charge in [0.05, 0.1) is 41.3 Å². The van der Waals surface area contributed by atoms with Crippen LogP contribution in [0.4, 0.5) is 4.79 Å². The molecule has 62 heavy (non-hydrogen) atoms. The standard InChI is InChI=1S/C46H63NO15/c1-13-32-58-30-20-31-46(22-55-31,61-26(6)49)36-38(60-39(51)27-17-15-14-16-18-27)45(43(10,11)54)21-29(24(4)33(45)35(56-25(5)48)37(59-32)44(30,36)12)57-40(52)34(50)28(19-23(2)3)47-41(53)62-42(7,8)9/h13-18,23,28-32,34-38,50,54H,1,19-22H2,2-12H3,(H,47,53)/t28-,29-,30-,31+,32?,34-,35-,36-,37-,38-,44+,45?,46-/m0/s1. The van der Waals surface area contributed by atoms with Crippen molar-refractivity contribution in [1.82, 2.24) is 5.32 Å². The van der Waals surface area contributed by atoms with E-state index in [0.717, 1.165) is 0 Å². The number of aliphatic hydroxyl groups excluding tert-OH is 1. The van der Waals surface area contributed by atoms with Gasteiger partial charge in [-0.15, -0.1) is 0 Å². The molecule has 1 aromatic carbocycles. The van der Waals surface area contributed by atoms with Crippen LogP contribution in [-0.2, 0) is 52.3 Å². The van der Waals surface area contributed by atoms with E-state index in [1.54, 1.807) is 58.0 Å². The average Bonchev–Trinajstić information content (AvgIpc) is 3.41. The molecule has 2 aliphatic heterocycles. The number of benzene rings is 1. The second kappa shape index (κ2) is 17.0. The maximum absolute atomic E-state index is 14.6. The number of fused-ring (bicyclic) bond motifs is 3. The Morgan fingerprint density at radius 2 is 1.65 bits per heavy atom. The summed E-state index contributed by atoms with van der Waals surface area (Å²) in [6.45, 7) is 21.6. The smallest absolute Gasteiger partial charge is 0.407 e. The van der Waals surface area contributed by atoms with Gasteiger partial charge in [-0.25, -0.2) is 14.4 Å². The fourth-order valence-electron chi connectivity index (χ4n) is 10.8. The van der Waals surface area contributed by atoms with E-state index in [-0.39, 0.29) is 42.9 Å². The number of ether oxygens (including phenoxy) is 8. The van der Waals surface area contributed by atoms with E-state index in [2.05, 4.69) is 11.9 Å². The molecule has 16 heteroatoms. The highest BCUT2D eigenvalue weighted by Gasteiger charge is 2.81. The van der Waals surface area contributed by atoms with Crippen molar-refractivity contribution in [3.05, 3.63) is 59.7 Å². The second-order valence-electron chi connectivity index (χ2n) is 19.5. The number of rotatable bonds is 12. The summed E-state index contributed by atoms with van der Waals surface area (Å²) in [6, 6.07) is 7.11. The van der Waals surface area contributed by atoms with Gasteiger partial charge in [-0.1, -0.05) is 45.5 Å². The van der Waals surface area contributed by atoms with Crippen molar-refractivity contribution in [2.75, 3.05) is 6.61 Å². The fraction of sp³-hybridized carbons (Fsp3) is 0.674. The first-order valence-electron chi connectivity index (χ1n) is 21.3. The van der Waals surface area contributed by atoms with Crippen LogP contribution in [0.5, 0.6) is 0 Å². The first kappa shape index (κ1) is 47.1. The molecule has 4 fully saturated rings. The third kappa shape index (κ3) is 8.28. The predicted octanol–water partition coefficient (Wildman–Crippen LogP) is 4.87. The molecule has 2 heterocycles. The third-order valence-electron chi connectivity index (χ3n) is 13.3. The molecule has 2 unspecified atom stereocenters. The number of carbonyl (C=O) groups is 5. The molecule has 0 spiro atoms. The maximum Gasteiger partial charge on any atom is 0.407 e. The number of carbonyl (C=O) groups excluding carboxylic acids is 5. The van der Waals surface area contributed by atoms with Gasteiger partial charge in [0.25, 0.3) is 0 Å². The molecular weight excluding hydrogens is 806 g/mol. The summed E-state index contributed by atoms with van der Waals surface area (Å²) in [7, 11) is 0. The van der Waals surface area contributed by atoms with Crippen LogP contribution in [0.25, 0.3) is 0 Å². The third-order valence-corrected chi connectivity index (χ3v) is 13.3. The molecule has 2 saturated heterocycles. The molecule has 16 nitrogen and oxygen atoms in total. The number of esters is 4. The Labute approximate surface area is 362 Å². The Bertz CT molecular complexity index is 1950. The fourth-order valence-corrected chi connectivity index (χ4v) is 10.8. The molecule has 1 amide bonds. The molecule has 0 aromatic heterocycles. The largest absolute Gasteiger partial charge is 0.457 e. The number of hydrogen-bond donors (Lipinski definition) is 3. The summed E-state index contributed by atoms with van der Waals surface area (Å²) in [5.74, 6) is -4.40. The van der Waals surface area contributed by atoms with Crippen molar-refractivity contribution in [3.8, 4) is 0 Å². The van der Waals surface area contributed by atoms with E-state index in [9.17, 15) is 34.2 Å². The monoisotopic (exact) mass is 869 g/mol. The summed E-state index contributed by atoms with van der Waals surface area (Å²) < 4.78 is 50.5. The molecule has 3 aliphatic carbocycles. The van der Waals surface area contributed by atoms with Crippen LogP contribution < -0.4 is 5.32 Å². The van der Waals surface area contributed by atoms with Crippen molar-refractivity contribution in [1.29, 1.82) is 0 Å². The van der Waals surface area contributed by atoms with Crippen LogP contribution in [0.3, 0.4) is 0 Å². The van der Waals surface area contributed by atoms with E-state index in [1.807, 2.05) is 20.8 Å². The van der Waals surface area contributed by atoms with Gasteiger partial charge in [-0.2, -0.15) is 0 Å². The predicted molar refractivity (Wildman–Crippen MR) is 220 cm³/mol. The van der Waals surface area contributed by atoms with Crippen LogP contribution >= 0.6 is 0 Å². The van der Waals surface area contributed by atoms with Gasteiger partial charge in [0.1, 0.15) is 30.0 Å². The minimum atomic E-state index is -1.91. The second-order valence-corrected chi connectivity index (χ2v) is 19.5. The normalized spacial score (nSPS) is 34.7. The molecule has 13 atom stereocenters. The van der Waals surface area contributed by atoms with Gasteiger partial charge in [0.2, 0.25) is 0 Å². The molecule has 6 rings (SSSR count). The number of alkyl carbamates (subject to hydrolysis) is 1. The Morgan fingerprint density at radius 1 is 0.984 bits per heavy atom. The summed E-state index contributed by atoms with van der Waals surface area (Å²) in [6.07, 6.45) is -8.88. The SMILES string of the molecule is C=CC1O[C@H]2C[C@H]3OC[C@@]3(OC(C)=O)[C@H]3[C@H](OC(=O)c4ccccc4)C4(C(C)(C)O)C[C@H](OC(=O)[C@@H](O)[C@H](CC(C)C)NC(=O)OC(C)(C)C)C(C)=C4[C@H](OC(C)=O)[C@H](O1)[C@]23C. The minimum absolute atomic E-state index is 0.0845. The zero-order valence-electron chi connectivity index (χ0n) is 37.6. The Balaban J connectivity index is 1.58. The lowest BCUT2D eigenvalue weighted by atomic mass is 9.49. The molecule has 2 saturated carbocycles. The lowest BCUT2D eigenvalue weighted by Crippen LogP contribution is -2.80. The zero-order valence-corrected chi connectivity index (χ0v) is 37.6. The topological polar surface area (TPSA) is 212 Å². The number of nitrogens with one attached hydrogen (secondary N) is 1. The Morgan fingerprint density at radius 3 is 2.18 bits per heavy atom. The van der Waals surface area contributed by atoms with Crippen molar-refractivity contribution in [2.24, 2.45) is 22.7 Å². The van der Waals surface area contributed by atoms with Gasteiger partial charge >= 0.3 is 30.0 Å². The average molecular weight is 870 g/mol. The number of amides is 1. The quantitative estimate of drug-likeness (QED) is 0.145. The van der Waals surface area contributed by atoms with Crippen LogP contribution in [0.15, 0.2) is 54.1 Å². The Hall–Kier alpha value is -4.35. The lowest BCUT2D eigenvalue weighted by molar-refractivity contribution is -0.392. The molecule has 342 valence electrons. The highest BCUT2D eigenvalue weighted by atomic mass is 16.7. The van der Waals surface area contributed by atoms with Crippen LogP contribution in [0.1, 0.15) is 106 Å². The summed E-state index contributed by atoms with van der Waals surface area (Å²) in [5, 5.41) is 27.1. The van der Waals surface area contributed by atoms with Gasteiger partial charge in [0.15, 0.2) is 24.1 Å². The van der Waals surface area contributed by atoms with E-state index in [4.69, 9.17) is 37.9 Å². The maximum atomic E-state index is 14.6. The van der Waals surface area contributed by atoms with E-state index >= 15 is 0 Å². The molecule has 0 bridgehead atoms. The van der Waals surface area contributed by atoms with Crippen molar-refractivity contribution >= 4 is 30.0 Å². The summed E-state index contributed by atoms with van der Waals surface area (Å²) in [4.78, 5) is 68.3. The number of aliphatic hydroxyl groups is 2. The zero-order chi connectivity index (χ0) is 45.9. The summed E-state index contributed by atoms with van der Waals surface area (Å²) in [5.41, 5.74) is -6.62. The molecular formula is C46H63NO15. The highest BCUT2D eigenvalue weighted by Crippen LogP contribution is 2.70. The van der Waals surface area contributed by atoms with E-state index in [1.165, 1.54) is 33.8 Å². The Kier molecular flexibility index (Phi) is 12.9. The molecule has 5 aliphatic rings. The van der Waals surface area contributed by atoms with E-state index < -0.39 is 119 Å². The van der Waals surface area contributed by atoms with Gasteiger partial charge in [-0.05, 0) is 83.2 Å². The number of hydrogen-bond acceptors (Lipinski definition) is 15.